The fraction of sp³-hybridized carbons (Fsp3) is 0.500. The lowest BCUT2D eigenvalue weighted by Crippen LogP contribution is -2.50. The fourth-order valence-electron chi connectivity index (χ4n) is 1.57. The Morgan fingerprint density at radius 3 is 2.88 bits per heavy atom. The molecule has 94 valence electrons. The lowest BCUT2D eigenvalue weighted by molar-refractivity contribution is 0.0721. The van der Waals surface area contributed by atoms with E-state index in [1.807, 2.05) is 6.92 Å². The maximum absolute atomic E-state index is 11.9. The van der Waals surface area contributed by atoms with Gasteiger partial charge in [0.15, 0.2) is 0 Å². The van der Waals surface area contributed by atoms with E-state index in [9.17, 15) is 4.79 Å². The fourth-order valence-corrected chi connectivity index (χ4v) is 1.57. The van der Waals surface area contributed by atoms with Gasteiger partial charge in [0, 0.05) is 19.9 Å². The summed E-state index contributed by atoms with van der Waals surface area (Å²) in [6.07, 6.45) is 1.99. The van der Waals surface area contributed by atoms with Gasteiger partial charge in [-0.25, -0.2) is 0 Å². The molecule has 5 nitrogen and oxygen atoms in total. The number of hydrogen-bond donors (Lipinski definition) is 2. The number of rotatable bonds is 6. The van der Waals surface area contributed by atoms with Crippen LogP contribution in [0.25, 0.3) is 0 Å². The van der Waals surface area contributed by atoms with Crippen LogP contribution in [0, 0.1) is 0 Å². The predicted octanol–water partition coefficient (Wildman–Crippen LogP) is 0.599. The average Bonchev–Trinajstić information content (AvgIpc) is 2.30. The van der Waals surface area contributed by atoms with E-state index in [2.05, 4.69) is 10.3 Å². The summed E-state index contributed by atoms with van der Waals surface area (Å²) < 4.78 is 5.05. The van der Waals surface area contributed by atoms with Gasteiger partial charge in [0.05, 0.1) is 12.1 Å². The van der Waals surface area contributed by atoms with Gasteiger partial charge in [0.2, 0.25) is 0 Å². The predicted molar refractivity (Wildman–Crippen MR) is 63.7 cm³/mol. The Hall–Kier alpha value is -1.46. The van der Waals surface area contributed by atoms with Crippen LogP contribution >= 0.6 is 0 Å². The first-order valence-corrected chi connectivity index (χ1v) is 5.44. The molecule has 1 amide bonds. The Morgan fingerprint density at radius 2 is 2.35 bits per heavy atom. The van der Waals surface area contributed by atoms with Crippen LogP contribution in [-0.2, 0) is 4.74 Å². The number of aromatic nitrogens is 1. The van der Waals surface area contributed by atoms with E-state index in [1.54, 1.807) is 31.5 Å². The smallest absolute Gasteiger partial charge is 0.270 e. The summed E-state index contributed by atoms with van der Waals surface area (Å²) in [5.74, 6) is -0.265. The Labute approximate surface area is 101 Å². The standard InChI is InChI=1S/C12H18N2O3/c1-12(6-8-15,9-17-2)14-11(16)10-5-3-4-7-13-10/h3-5,7,15H,6,8-9H2,1-2H3,(H,14,16). The highest BCUT2D eigenvalue weighted by molar-refractivity contribution is 5.92. The van der Waals surface area contributed by atoms with Crippen LogP contribution in [-0.4, -0.2) is 41.9 Å². The molecule has 0 aliphatic carbocycles. The third kappa shape index (κ3) is 4.13. The largest absolute Gasteiger partial charge is 0.396 e. The van der Waals surface area contributed by atoms with Crippen molar-refractivity contribution in [3.05, 3.63) is 30.1 Å². The van der Waals surface area contributed by atoms with Crippen molar-refractivity contribution in [3.63, 3.8) is 0 Å². The molecule has 0 spiro atoms. The molecule has 2 N–H and O–H groups in total. The zero-order valence-electron chi connectivity index (χ0n) is 10.1. The topological polar surface area (TPSA) is 71.5 Å². The van der Waals surface area contributed by atoms with Gasteiger partial charge in [-0.3, -0.25) is 9.78 Å². The summed E-state index contributed by atoms with van der Waals surface area (Å²) in [5, 5.41) is 11.8. The van der Waals surface area contributed by atoms with Crippen molar-refractivity contribution < 1.29 is 14.6 Å². The van der Waals surface area contributed by atoms with Gasteiger partial charge in [-0.2, -0.15) is 0 Å². The van der Waals surface area contributed by atoms with Gasteiger partial charge < -0.3 is 15.2 Å². The Balaban J connectivity index is 2.71. The molecule has 1 aromatic heterocycles. The van der Waals surface area contributed by atoms with E-state index in [0.29, 0.717) is 18.7 Å². The highest BCUT2D eigenvalue weighted by Crippen LogP contribution is 2.10. The molecule has 0 saturated heterocycles. The van der Waals surface area contributed by atoms with Crippen LogP contribution in [0.4, 0.5) is 0 Å². The van der Waals surface area contributed by atoms with Gasteiger partial charge in [-0.05, 0) is 25.5 Å². The second-order valence-electron chi connectivity index (χ2n) is 4.14. The number of hydrogen-bond acceptors (Lipinski definition) is 4. The van der Waals surface area contributed by atoms with E-state index in [1.165, 1.54) is 0 Å². The summed E-state index contributed by atoms with van der Waals surface area (Å²) in [7, 11) is 1.56. The van der Waals surface area contributed by atoms with Crippen molar-refractivity contribution in [3.8, 4) is 0 Å². The molecule has 1 atom stereocenters. The summed E-state index contributed by atoms with van der Waals surface area (Å²) in [5.41, 5.74) is -0.231. The minimum absolute atomic E-state index is 0.0115. The number of pyridine rings is 1. The quantitative estimate of drug-likeness (QED) is 0.761. The van der Waals surface area contributed by atoms with Crippen LogP contribution in [0.5, 0.6) is 0 Å². The van der Waals surface area contributed by atoms with Crippen LogP contribution in [0.1, 0.15) is 23.8 Å². The zero-order chi connectivity index (χ0) is 12.7. The van der Waals surface area contributed by atoms with E-state index in [4.69, 9.17) is 9.84 Å². The van der Waals surface area contributed by atoms with Crippen LogP contribution in [0.2, 0.25) is 0 Å². The van der Waals surface area contributed by atoms with E-state index < -0.39 is 5.54 Å². The first-order valence-electron chi connectivity index (χ1n) is 5.44. The van der Waals surface area contributed by atoms with Crippen LogP contribution in [0.3, 0.4) is 0 Å². The molecule has 0 aliphatic rings. The van der Waals surface area contributed by atoms with E-state index in [-0.39, 0.29) is 12.5 Å². The minimum atomic E-state index is -0.585. The summed E-state index contributed by atoms with van der Waals surface area (Å²) in [6, 6.07) is 5.14. The van der Waals surface area contributed by atoms with Gasteiger partial charge >= 0.3 is 0 Å². The second kappa shape index (κ2) is 6.32. The van der Waals surface area contributed by atoms with Crippen molar-refractivity contribution in [2.45, 2.75) is 18.9 Å². The molecule has 0 aromatic carbocycles. The normalized spacial score (nSPS) is 14.1. The monoisotopic (exact) mass is 238 g/mol. The van der Waals surface area contributed by atoms with Crippen molar-refractivity contribution >= 4 is 5.91 Å². The molecule has 1 unspecified atom stereocenters. The maximum atomic E-state index is 11.9. The molecule has 0 bridgehead atoms. The number of carbonyl (C=O) groups excluding carboxylic acids is 1. The molecule has 1 aromatic rings. The van der Waals surface area contributed by atoms with Crippen molar-refractivity contribution in [2.75, 3.05) is 20.3 Å². The van der Waals surface area contributed by atoms with Crippen LogP contribution in [0.15, 0.2) is 24.4 Å². The Morgan fingerprint density at radius 1 is 1.59 bits per heavy atom. The molecule has 1 heterocycles. The highest BCUT2D eigenvalue weighted by atomic mass is 16.5. The number of nitrogens with one attached hydrogen (secondary N) is 1. The molecule has 1 rings (SSSR count). The Kier molecular flexibility index (Phi) is 5.06. The van der Waals surface area contributed by atoms with E-state index >= 15 is 0 Å². The molecular formula is C12H18N2O3. The number of carbonyl (C=O) groups is 1. The molecule has 5 heteroatoms. The lowest BCUT2D eigenvalue weighted by atomic mass is 9.99. The third-order valence-corrected chi connectivity index (χ3v) is 2.44. The summed E-state index contributed by atoms with van der Waals surface area (Å²) in [6.45, 7) is 2.15. The highest BCUT2D eigenvalue weighted by Gasteiger charge is 2.26. The Bertz CT molecular complexity index is 348. The lowest BCUT2D eigenvalue weighted by Gasteiger charge is -2.29. The van der Waals surface area contributed by atoms with Crippen molar-refractivity contribution in [1.82, 2.24) is 10.3 Å². The number of amides is 1. The summed E-state index contributed by atoms with van der Waals surface area (Å²) in [4.78, 5) is 15.9. The minimum Gasteiger partial charge on any atom is -0.396 e. The number of aliphatic hydroxyl groups is 1. The average molecular weight is 238 g/mol. The van der Waals surface area contributed by atoms with Crippen LogP contribution < -0.4 is 5.32 Å². The van der Waals surface area contributed by atoms with Gasteiger partial charge in [-0.15, -0.1) is 0 Å². The van der Waals surface area contributed by atoms with Gasteiger partial charge in [0.1, 0.15) is 5.69 Å². The van der Waals surface area contributed by atoms with Gasteiger partial charge in [-0.1, -0.05) is 6.07 Å². The number of ether oxygens (including phenoxy) is 1. The third-order valence-electron chi connectivity index (χ3n) is 2.44. The second-order valence-corrected chi connectivity index (χ2v) is 4.14. The molecule has 17 heavy (non-hydrogen) atoms. The number of aliphatic hydroxyl groups excluding tert-OH is 1. The molecule has 0 aliphatic heterocycles. The van der Waals surface area contributed by atoms with E-state index in [0.717, 1.165) is 0 Å². The first-order chi connectivity index (χ1) is 8.11. The van der Waals surface area contributed by atoms with Crippen molar-refractivity contribution in [1.29, 1.82) is 0 Å². The number of methoxy groups -OCH3 is 1. The van der Waals surface area contributed by atoms with Gasteiger partial charge in [0.25, 0.3) is 5.91 Å². The molecule has 0 saturated carbocycles. The molecule has 0 radical (unpaired) electrons. The summed E-state index contributed by atoms with van der Waals surface area (Å²) >= 11 is 0. The molecule has 0 fully saturated rings. The SMILES string of the molecule is COCC(C)(CCO)NC(=O)c1ccccn1. The van der Waals surface area contributed by atoms with Crippen molar-refractivity contribution in [2.24, 2.45) is 0 Å². The first kappa shape index (κ1) is 13.6. The number of nitrogens with zero attached hydrogens (tertiary/aromatic N) is 1. The zero-order valence-corrected chi connectivity index (χ0v) is 10.1. The molecular weight excluding hydrogens is 220 g/mol. The maximum Gasteiger partial charge on any atom is 0.270 e.